The summed E-state index contributed by atoms with van der Waals surface area (Å²) in [5, 5.41) is 0. The third-order valence-electron chi connectivity index (χ3n) is 6.18. The molecule has 0 aliphatic carbocycles. The molecule has 198 valence electrons. The predicted octanol–water partition coefficient (Wildman–Crippen LogP) is 5.67. The minimum absolute atomic E-state index is 0.916. The molecule has 0 heterocycles. The van der Waals surface area contributed by atoms with Gasteiger partial charge in [0.1, 0.15) is 0 Å². The van der Waals surface area contributed by atoms with Crippen molar-refractivity contribution < 1.29 is 16.6 Å². The van der Waals surface area contributed by atoms with Gasteiger partial charge in [-0.3, -0.25) is 0 Å². The Morgan fingerprint density at radius 2 is 0.921 bits per heavy atom. The van der Waals surface area contributed by atoms with E-state index in [0.717, 1.165) is 14.0 Å². The molecule has 1 amide bonds. The van der Waals surface area contributed by atoms with E-state index in [1.807, 2.05) is 121 Å². The average molecular weight is 700 g/mol. The number of alkyl halides is 3. The summed E-state index contributed by atoms with van der Waals surface area (Å²) in [6, 6.07) is 39.7. The molecule has 10 heteroatoms. The predicted molar refractivity (Wildman–Crippen MR) is 160 cm³/mol. The SMILES string of the molecule is COP(=NC(=O)C(Cl)(Cl)Cl)(OC)[O][Sb]([c]1ccccc1)([c]1ccccc1)([c]1ccccc1)[c]1ccccc1. The van der Waals surface area contributed by atoms with E-state index < -0.39 is 35.3 Å². The molecule has 0 aliphatic heterocycles. The quantitative estimate of drug-likeness (QED) is 0.135. The summed E-state index contributed by atoms with van der Waals surface area (Å²) in [7, 11) is -1.09. The number of nitrogens with zero attached hydrogens (tertiary/aromatic N) is 1. The van der Waals surface area contributed by atoms with Crippen LogP contribution in [0.4, 0.5) is 0 Å². The molecule has 0 N–H and O–H groups in total. The fraction of sp³-hybridized carbons (Fsp3) is 0.107. The molecule has 4 aromatic rings. The molecule has 0 spiro atoms. The number of amides is 1. The van der Waals surface area contributed by atoms with Crippen molar-refractivity contribution in [2.45, 2.75) is 3.79 Å². The molecule has 0 aliphatic rings. The molecule has 5 nitrogen and oxygen atoms in total. The molecule has 38 heavy (non-hydrogen) atoms. The second-order valence-corrected chi connectivity index (χ2v) is 25.7. The normalized spacial score (nSPS) is 13.3. The molecule has 4 aromatic carbocycles. The van der Waals surface area contributed by atoms with Gasteiger partial charge < -0.3 is 0 Å². The van der Waals surface area contributed by atoms with Gasteiger partial charge in [0.25, 0.3) is 0 Å². The number of hydrogen-bond acceptors (Lipinski definition) is 4. The van der Waals surface area contributed by atoms with Gasteiger partial charge in [0, 0.05) is 0 Å². The van der Waals surface area contributed by atoms with Crippen LogP contribution in [-0.2, 0) is 16.6 Å². The van der Waals surface area contributed by atoms with E-state index in [9.17, 15) is 4.79 Å². The molecule has 0 unspecified atom stereocenters. The van der Waals surface area contributed by atoms with Gasteiger partial charge in [0.05, 0.1) is 0 Å². The fourth-order valence-electron chi connectivity index (χ4n) is 4.55. The first kappa shape index (κ1) is 29.3. The van der Waals surface area contributed by atoms with Crippen LogP contribution < -0.4 is 14.0 Å². The van der Waals surface area contributed by atoms with Gasteiger partial charge in [-0.25, -0.2) is 0 Å². The number of hydrogen-bond donors (Lipinski definition) is 0. The van der Waals surface area contributed by atoms with Crippen molar-refractivity contribution in [3.63, 3.8) is 0 Å². The third kappa shape index (κ3) is 5.12. The van der Waals surface area contributed by atoms with E-state index >= 15 is 0 Å². The van der Waals surface area contributed by atoms with Gasteiger partial charge in [0.15, 0.2) is 0 Å². The van der Waals surface area contributed by atoms with Gasteiger partial charge >= 0.3 is 241 Å². The summed E-state index contributed by atoms with van der Waals surface area (Å²) < 4.78 is 24.7. The number of halogens is 3. The van der Waals surface area contributed by atoms with E-state index in [1.165, 1.54) is 14.2 Å². The molecular weight excluding hydrogens is 673 g/mol. The van der Waals surface area contributed by atoms with Crippen LogP contribution in [0, 0.1) is 0 Å². The molecule has 4 rings (SSSR count). The van der Waals surface area contributed by atoms with Crippen LogP contribution in [0.2, 0.25) is 0 Å². The first-order valence-electron chi connectivity index (χ1n) is 11.5. The molecule has 0 aromatic heterocycles. The molecule has 0 radical (unpaired) electrons. The Bertz CT molecular complexity index is 1260. The van der Waals surface area contributed by atoms with E-state index in [0.29, 0.717) is 0 Å². The Labute approximate surface area is 239 Å². The molecule has 0 fully saturated rings. The Hall–Kier alpha value is -1.65. The van der Waals surface area contributed by atoms with Crippen LogP contribution in [0.15, 0.2) is 126 Å². The second-order valence-electron chi connectivity index (χ2n) is 8.20. The van der Waals surface area contributed by atoms with Crippen molar-refractivity contribution in [3.8, 4) is 0 Å². The zero-order valence-electron chi connectivity index (χ0n) is 20.7. The minimum atomic E-state index is -5.50. The number of carbonyl (C=O) groups excluding carboxylic acids is 1. The first-order chi connectivity index (χ1) is 18.2. The van der Waals surface area contributed by atoms with Crippen molar-refractivity contribution in [2.75, 3.05) is 14.2 Å². The first-order valence-corrected chi connectivity index (χ1v) is 20.3. The zero-order chi connectivity index (χ0) is 27.3. The Morgan fingerprint density at radius 3 is 1.16 bits per heavy atom. The van der Waals surface area contributed by atoms with Gasteiger partial charge in [-0.15, -0.1) is 0 Å². The van der Waals surface area contributed by atoms with Gasteiger partial charge in [-0.2, -0.15) is 0 Å². The van der Waals surface area contributed by atoms with Gasteiger partial charge in [-0.1, -0.05) is 0 Å². The summed E-state index contributed by atoms with van der Waals surface area (Å²) in [6.45, 7) is 0. The number of benzene rings is 4. The van der Waals surface area contributed by atoms with Gasteiger partial charge in [-0.05, 0) is 0 Å². The second kappa shape index (κ2) is 11.8. The van der Waals surface area contributed by atoms with E-state index in [4.69, 9.17) is 46.7 Å². The van der Waals surface area contributed by atoms with Crippen molar-refractivity contribution in [3.05, 3.63) is 121 Å². The van der Waals surface area contributed by atoms with Crippen LogP contribution in [-0.4, -0.2) is 41.7 Å². The maximum atomic E-state index is 13.0. The summed E-state index contributed by atoms with van der Waals surface area (Å²) in [4.78, 5) is 13.0. The summed E-state index contributed by atoms with van der Waals surface area (Å²) in [5.41, 5.74) is 0. The molecule has 0 atom stereocenters. The number of rotatable bonds is 8. The number of carbonyl (C=O) groups is 1. The third-order valence-corrected chi connectivity index (χ3v) is 27.8. The Morgan fingerprint density at radius 1 is 0.632 bits per heavy atom. The van der Waals surface area contributed by atoms with E-state index in [-0.39, 0.29) is 0 Å². The van der Waals surface area contributed by atoms with Crippen LogP contribution in [0.5, 0.6) is 0 Å². The monoisotopic (exact) mass is 697 g/mol. The Balaban J connectivity index is 2.30. The van der Waals surface area contributed by atoms with E-state index in [2.05, 4.69) is 4.74 Å². The fourth-order valence-corrected chi connectivity index (χ4v) is 28.3. The van der Waals surface area contributed by atoms with Gasteiger partial charge in [0.2, 0.25) is 0 Å². The summed E-state index contributed by atoms with van der Waals surface area (Å²) in [5.74, 6) is -1.05. The van der Waals surface area contributed by atoms with Crippen molar-refractivity contribution >= 4 is 80.3 Å². The molecule has 0 bridgehead atoms. The molecule has 0 saturated carbocycles. The standard InChI is InChI=1S/4C6H5.C4H6Cl3NO4P.Sb/c4*1-2-4-6-5-3-1;1-11-13(10,12-2)8-3(9)4(5,6)7;/h4*1-5H;1-2H3;/q;;;;-1;+1. The van der Waals surface area contributed by atoms with Crippen LogP contribution in [0.1, 0.15) is 0 Å². The van der Waals surface area contributed by atoms with Crippen LogP contribution >= 0.6 is 42.5 Å². The Kier molecular flexibility index (Phi) is 9.14. The molecule has 0 saturated heterocycles. The summed E-state index contributed by atoms with van der Waals surface area (Å²) >= 11 is 12.3. The van der Waals surface area contributed by atoms with Crippen LogP contribution in [0.3, 0.4) is 0 Å². The zero-order valence-corrected chi connectivity index (χ0v) is 26.4. The van der Waals surface area contributed by atoms with E-state index in [1.54, 1.807) is 0 Å². The van der Waals surface area contributed by atoms with Crippen molar-refractivity contribution in [1.82, 2.24) is 0 Å². The average Bonchev–Trinajstić information content (AvgIpc) is 2.97. The van der Waals surface area contributed by atoms with Crippen molar-refractivity contribution in [2.24, 2.45) is 4.74 Å². The maximum absolute atomic E-state index is 13.0. The van der Waals surface area contributed by atoms with Crippen LogP contribution in [0.25, 0.3) is 0 Å². The molecular formula is C28H26Cl3NO4PSb. The van der Waals surface area contributed by atoms with Crippen molar-refractivity contribution in [1.29, 1.82) is 0 Å². The summed E-state index contributed by atoms with van der Waals surface area (Å²) in [6.07, 6.45) is 0. The topological polar surface area (TPSA) is 57.1 Å².